The number of carbonyl (C=O) groups excluding carboxylic acids is 2. The van der Waals surface area contributed by atoms with Crippen LogP contribution in [0.5, 0.6) is 0 Å². The van der Waals surface area contributed by atoms with Gasteiger partial charge >= 0.3 is 6.03 Å². The van der Waals surface area contributed by atoms with Gasteiger partial charge < -0.3 is 10.2 Å². The molecular weight excluding hydrogens is 204 g/mol. The summed E-state index contributed by atoms with van der Waals surface area (Å²) >= 11 is 0. The molecule has 0 spiro atoms. The number of nitrogens with one attached hydrogen (secondary N) is 1. The van der Waals surface area contributed by atoms with E-state index in [1.807, 2.05) is 4.90 Å². The van der Waals surface area contributed by atoms with E-state index in [9.17, 15) is 9.59 Å². The first-order valence-corrected chi connectivity index (χ1v) is 6.23. The lowest BCUT2D eigenvalue weighted by Gasteiger charge is -2.31. The molecule has 0 aromatic heterocycles. The van der Waals surface area contributed by atoms with Gasteiger partial charge in [0.15, 0.2) is 0 Å². The molecular formula is C12H20N2O2. The zero-order valence-corrected chi connectivity index (χ0v) is 9.87. The van der Waals surface area contributed by atoms with Crippen LogP contribution >= 0.6 is 0 Å². The van der Waals surface area contributed by atoms with Gasteiger partial charge in [0.25, 0.3) is 0 Å². The Bertz CT molecular complexity index is 287. The molecule has 2 amide bonds. The normalized spacial score (nSPS) is 25.3. The minimum absolute atomic E-state index is 0.0356. The maximum Gasteiger partial charge on any atom is 0.317 e. The molecule has 16 heavy (non-hydrogen) atoms. The number of likely N-dealkylation sites (tertiary alicyclic amines) is 1. The fraction of sp³-hybridized carbons (Fsp3) is 0.833. The summed E-state index contributed by atoms with van der Waals surface area (Å²) in [6.07, 6.45) is 5.95. The molecule has 4 heteroatoms. The van der Waals surface area contributed by atoms with Crippen LogP contribution in [0.15, 0.2) is 0 Å². The summed E-state index contributed by atoms with van der Waals surface area (Å²) in [7, 11) is 0. The van der Waals surface area contributed by atoms with E-state index in [4.69, 9.17) is 0 Å². The quantitative estimate of drug-likeness (QED) is 0.793. The highest BCUT2D eigenvalue weighted by Gasteiger charge is 2.31. The second-order valence-electron chi connectivity index (χ2n) is 4.97. The summed E-state index contributed by atoms with van der Waals surface area (Å²) in [6, 6.07) is 0.553. The van der Waals surface area contributed by atoms with Gasteiger partial charge in [0, 0.05) is 25.0 Å². The van der Waals surface area contributed by atoms with Crippen LogP contribution in [-0.4, -0.2) is 35.3 Å². The maximum absolute atomic E-state index is 11.9. The van der Waals surface area contributed by atoms with Crippen molar-refractivity contribution in [3.8, 4) is 0 Å². The fourth-order valence-corrected chi connectivity index (χ4v) is 2.46. The predicted octanol–water partition coefficient (Wildman–Crippen LogP) is 1.69. The van der Waals surface area contributed by atoms with Crippen molar-refractivity contribution < 1.29 is 9.59 Å². The van der Waals surface area contributed by atoms with E-state index in [1.54, 1.807) is 6.92 Å². The maximum atomic E-state index is 11.9. The van der Waals surface area contributed by atoms with Gasteiger partial charge in [-0.15, -0.1) is 0 Å². The minimum atomic E-state index is 0.0356. The van der Waals surface area contributed by atoms with Crippen LogP contribution in [0, 0.1) is 0 Å². The molecule has 1 saturated carbocycles. The van der Waals surface area contributed by atoms with Gasteiger partial charge in [-0.3, -0.25) is 4.79 Å². The molecule has 1 aliphatic carbocycles. The molecule has 0 aromatic carbocycles. The number of urea groups is 1. The van der Waals surface area contributed by atoms with Crippen LogP contribution in [-0.2, 0) is 4.79 Å². The first kappa shape index (κ1) is 11.4. The number of carbonyl (C=O) groups is 2. The molecule has 1 saturated heterocycles. The summed E-state index contributed by atoms with van der Waals surface area (Å²) in [5, 5.41) is 3.04. The molecule has 2 aliphatic rings. The number of nitrogens with zero attached hydrogens (tertiary/aromatic N) is 1. The summed E-state index contributed by atoms with van der Waals surface area (Å²) in [6.45, 7) is 2.40. The largest absolute Gasteiger partial charge is 0.335 e. The smallest absolute Gasteiger partial charge is 0.317 e. The van der Waals surface area contributed by atoms with Crippen LogP contribution in [0.1, 0.15) is 45.4 Å². The molecule has 0 aromatic rings. The summed E-state index contributed by atoms with van der Waals surface area (Å²) in [5.74, 6) is 0.174. The number of rotatable bonds is 3. The van der Waals surface area contributed by atoms with Gasteiger partial charge in [0.1, 0.15) is 5.78 Å². The van der Waals surface area contributed by atoms with Crippen molar-refractivity contribution in [3.05, 3.63) is 0 Å². The second-order valence-corrected chi connectivity index (χ2v) is 4.97. The molecule has 0 radical (unpaired) electrons. The Morgan fingerprint density at radius 3 is 2.56 bits per heavy atom. The van der Waals surface area contributed by atoms with E-state index in [0.717, 1.165) is 32.2 Å². The van der Waals surface area contributed by atoms with Gasteiger partial charge in [0.2, 0.25) is 0 Å². The molecule has 1 atom stereocenters. The van der Waals surface area contributed by atoms with Gasteiger partial charge in [-0.25, -0.2) is 4.79 Å². The second kappa shape index (κ2) is 4.85. The Kier molecular flexibility index (Phi) is 3.46. The summed E-state index contributed by atoms with van der Waals surface area (Å²) in [5.41, 5.74) is 0. The SMILES string of the molecule is CC(=O)CC1CCCN1C(=O)NC1CCC1. The number of Topliss-reactive ketones (excluding diaryl/α,β-unsaturated/α-hetero) is 1. The third-order valence-corrected chi connectivity index (χ3v) is 3.59. The van der Waals surface area contributed by atoms with E-state index in [0.29, 0.717) is 12.5 Å². The van der Waals surface area contributed by atoms with Crippen LogP contribution in [0.4, 0.5) is 4.79 Å². The minimum Gasteiger partial charge on any atom is -0.335 e. The Morgan fingerprint density at radius 2 is 2.00 bits per heavy atom. The Morgan fingerprint density at radius 1 is 1.25 bits per heavy atom. The third-order valence-electron chi connectivity index (χ3n) is 3.59. The number of hydrogen-bond donors (Lipinski definition) is 1. The van der Waals surface area contributed by atoms with Crippen molar-refractivity contribution in [1.82, 2.24) is 10.2 Å². The Hall–Kier alpha value is -1.06. The van der Waals surface area contributed by atoms with Gasteiger partial charge in [-0.2, -0.15) is 0 Å². The van der Waals surface area contributed by atoms with Gasteiger partial charge in [-0.05, 0) is 39.0 Å². The molecule has 2 fully saturated rings. The lowest BCUT2D eigenvalue weighted by Crippen LogP contribution is -2.49. The van der Waals surface area contributed by atoms with Gasteiger partial charge in [-0.1, -0.05) is 0 Å². The summed E-state index contributed by atoms with van der Waals surface area (Å²) in [4.78, 5) is 24.9. The summed E-state index contributed by atoms with van der Waals surface area (Å²) < 4.78 is 0. The van der Waals surface area contributed by atoms with Crippen molar-refractivity contribution >= 4 is 11.8 Å². The lowest BCUT2D eigenvalue weighted by atomic mass is 9.93. The van der Waals surface area contributed by atoms with Crippen LogP contribution < -0.4 is 5.32 Å². The fourth-order valence-electron chi connectivity index (χ4n) is 2.46. The highest BCUT2D eigenvalue weighted by atomic mass is 16.2. The van der Waals surface area contributed by atoms with E-state index < -0.39 is 0 Å². The van der Waals surface area contributed by atoms with E-state index in [2.05, 4.69) is 5.32 Å². The average molecular weight is 224 g/mol. The molecule has 0 bridgehead atoms. The molecule has 1 unspecified atom stereocenters. The molecule has 2 rings (SSSR count). The predicted molar refractivity (Wildman–Crippen MR) is 61.2 cm³/mol. The van der Waals surface area contributed by atoms with Crippen LogP contribution in [0.2, 0.25) is 0 Å². The van der Waals surface area contributed by atoms with Crippen molar-refractivity contribution in [2.24, 2.45) is 0 Å². The van der Waals surface area contributed by atoms with Crippen LogP contribution in [0.25, 0.3) is 0 Å². The number of hydrogen-bond acceptors (Lipinski definition) is 2. The van der Waals surface area contributed by atoms with E-state index in [-0.39, 0.29) is 17.9 Å². The van der Waals surface area contributed by atoms with Gasteiger partial charge in [0.05, 0.1) is 0 Å². The highest BCUT2D eigenvalue weighted by molar-refractivity contribution is 5.79. The lowest BCUT2D eigenvalue weighted by molar-refractivity contribution is -0.117. The average Bonchev–Trinajstić information content (AvgIpc) is 2.58. The topological polar surface area (TPSA) is 49.4 Å². The molecule has 4 nitrogen and oxygen atoms in total. The first-order chi connectivity index (χ1) is 7.66. The molecule has 1 heterocycles. The standard InChI is InChI=1S/C12H20N2O2/c1-9(15)8-11-6-3-7-14(11)12(16)13-10-4-2-5-10/h10-11H,2-8H2,1H3,(H,13,16). The van der Waals surface area contributed by atoms with Crippen molar-refractivity contribution in [2.45, 2.75) is 57.5 Å². The highest BCUT2D eigenvalue weighted by Crippen LogP contribution is 2.22. The Balaban J connectivity index is 1.85. The zero-order chi connectivity index (χ0) is 11.5. The third kappa shape index (κ3) is 2.54. The van der Waals surface area contributed by atoms with Crippen molar-refractivity contribution in [1.29, 1.82) is 0 Å². The number of amides is 2. The van der Waals surface area contributed by atoms with E-state index >= 15 is 0 Å². The first-order valence-electron chi connectivity index (χ1n) is 6.23. The van der Waals surface area contributed by atoms with Crippen LogP contribution in [0.3, 0.4) is 0 Å². The molecule has 1 N–H and O–H groups in total. The molecule has 1 aliphatic heterocycles. The monoisotopic (exact) mass is 224 g/mol. The van der Waals surface area contributed by atoms with Crippen molar-refractivity contribution in [2.75, 3.05) is 6.54 Å². The Labute approximate surface area is 96.4 Å². The number of ketones is 1. The zero-order valence-electron chi connectivity index (χ0n) is 9.87. The van der Waals surface area contributed by atoms with Crippen molar-refractivity contribution in [3.63, 3.8) is 0 Å². The molecule has 90 valence electrons. The van der Waals surface area contributed by atoms with E-state index in [1.165, 1.54) is 6.42 Å².